The zero-order valence-electron chi connectivity index (χ0n) is 8.19. The molecule has 82 valence electrons. The maximum atomic E-state index is 5.45. The molecule has 1 aromatic rings. The first-order valence-electron chi connectivity index (χ1n) is 4.02. The molecule has 14 heavy (non-hydrogen) atoms. The average molecular weight is 240 g/mol. The van der Waals surface area contributed by atoms with E-state index in [1.165, 1.54) is 0 Å². The molecule has 0 aromatic carbocycles. The number of nitrogens with zero attached hydrogens (tertiary/aromatic N) is 2. The highest BCUT2D eigenvalue weighted by Gasteiger charge is 2.42. The van der Waals surface area contributed by atoms with Crippen molar-refractivity contribution in [3.8, 4) is 0 Å². The molecule has 0 radical (unpaired) electrons. The summed E-state index contributed by atoms with van der Waals surface area (Å²) in [6, 6.07) is 0. The van der Waals surface area contributed by atoms with Gasteiger partial charge in [-0.3, -0.25) is 0 Å². The molecule has 2 heterocycles. The molecule has 2 rings (SSSR count). The van der Waals surface area contributed by atoms with Gasteiger partial charge >= 0.3 is 0 Å². The fraction of sp³-hybridized carbons (Fsp3) is 0.625. The van der Waals surface area contributed by atoms with Crippen molar-refractivity contribution in [1.82, 2.24) is 14.9 Å². The van der Waals surface area contributed by atoms with Gasteiger partial charge in [0.15, 0.2) is 0 Å². The summed E-state index contributed by atoms with van der Waals surface area (Å²) >= 11 is 0. The van der Waals surface area contributed by atoms with E-state index >= 15 is 0 Å². The van der Waals surface area contributed by atoms with Crippen LogP contribution in [0, 0.1) is 0 Å². The third kappa shape index (κ3) is 1.88. The van der Waals surface area contributed by atoms with Crippen LogP contribution in [0.3, 0.4) is 0 Å². The molecule has 1 aromatic heterocycles. The molecular formula is C8H15Cl2N3O. The van der Waals surface area contributed by atoms with Gasteiger partial charge in [-0.05, 0) is 0 Å². The Hall–Kier alpha value is -0.290. The number of aryl methyl sites for hydroxylation is 1. The molecule has 1 fully saturated rings. The molecule has 1 saturated heterocycles. The summed E-state index contributed by atoms with van der Waals surface area (Å²) in [6.45, 7) is 1.71. The van der Waals surface area contributed by atoms with Crippen LogP contribution in [0.4, 0.5) is 0 Å². The van der Waals surface area contributed by atoms with Gasteiger partial charge in [0, 0.05) is 39.6 Å². The van der Waals surface area contributed by atoms with Gasteiger partial charge in [0.1, 0.15) is 11.4 Å². The van der Waals surface area contributed by atoms with E-state index < -0.39 is 0 Å². The van der Waals surface area contributed by atoms with Gasteiger partial charge in [0.2, 0.25) is 0 Å². The molecule has 0 saturated carbocycles. The summed E-state index contributed by atoms with van der Waals surface area (Å²) in [5.74, 6) is 1.00. The molecule has 0 aliphatic carbocycles. The Morgan fingerprint density at radius 1 is 1.50 bits per heavy atom. The second-order valence-electron chi connectivity index (χ2n) is 3.16. The Kier molecular flexibility index (Phi) is 4.88. The predicted octanol–water partition coefficient (Wildman–Crippen LogP) is 0.709. The standard InChI is InChI=1S/C8H13N3O.2ClH/c1-11-4-3-10-7(11)8(12-2)5-9-6-8;;/h3-4,9H,5-6H2,1-2H3;2*1H. The highest BCUT2D eigenvalue weighted by atomic mass is 35.5. The van der Waals surface area contributed by atoms with Gasteiger partial charge in [-0.25, -0.2) is 4.98 Å². The number of aromatic nitrogens is 2. The lowest BCUT2D eigenvalue weighted by Crippen LogP contribution is -2.59. The number of ether oxygens (including phenoxy) is 1. The van der Waals surface area contributed by atoms with E-state index in [2.05, 4.69) is 10.3 Å². The van der Waals surface area contributed by atoms with Crippen molar-refractivity contribution in [3.05, 3.63) is 18.2 Å². The van der Waals surface area contributed by atoms with E-state index in [0.717, 1.165) is 18.9 Å². The van der Waals surface area contributed by atoms with Crippen molar-refractivity contribution in [3.63, 3.8) is 0 Å². The number of hydrogen-bond donors (Lipinski definition) is 1. The zero-order valence-corrected chi connectivity index (χ0v) is 9.82. The van der Waals surface area contributed by atoms with Gasteiger partial charge in [-0.15, -0.1) is 24.8 Å². The molecule has 0 atom stereocenters. The van der Waals surface area contributed by atoms with E-state index in [1.54, 1.807) is 13.3 Å². The van der Waals surface area contributed by atoms with E-state index in [9.17, 15) is 0 Å². The Morgan fingerprint density at radius 2 is 2.14 bits per heavy atom. The van der Waals surface area contributed by atoms with Crippen LogP contribution in [0.2, 0.25) is 0 Å². The quantitative estimate of drug-likeness (QED) is 0.827. The molecule has 0 amide bonds. The van der Waals surface area contributed by atoms with Crippen molar-refractivity contribution in [2.45, 2.75) is 5.60 Å². The van der Waals surface area contributed by atoms with Crippen molar-refractivity contribution < 1.29 is 4.74 Å². The monoisotopic (exact) mass is 239 g/mol. The fourth-order valence-corrected chi connectivity index (χ4v) is 1.55. The van der Waals surface area contributed by atoms with Gasteiger partial charge in [-0.2, -0.15) is 0 Å². The first-order chi connectivity index (χ1) is 5.78. The second kappa shape index (κ2) is 4.98. The van der Waals surface area contributed by atoms with Crippen LogP contribution in [-0.2, 0) is 17.4 Å². The van der Waals surface area contributed by atoms with Crippen LogP contribution >= 0.6 is 24.8 Å². The Balaban J connectivity index is 0.000000845. The molecule has 1 aliphatic heterocycles. The lowest BCUT2D eigenvalue weighted by Gasteiger charge is -2.40. The highest BCUT2D eigenvalue weighted by Crippen LogP contribution is 2.26. The van der Waals surface area contributed by atoms with E-state index in [0.29, 0.717) is 0 Å². The van der Waals surface area contributed by atoms with Crippen LogP contribution in [0.25, 0.3) is 0 Å². The molecule has 0 spiro atoms. The molecule has 0 unspecified atom stereocenters. The normalized spacial score (nSPS) is 17.6. The highest BCUT2D eigenvalue weighted by molar-refractivity contribution is 5.85. The topological polar surface area (TPSA) is 39.1 Å². The average Bonchev–Trinajstić information content (AvgIpc) is 2.36. The lowest BCUT2D eigenvalue weighted by atomic mass is 9.96. The van der Waals surface area contributed by atoms with Crippen LogP contribution in [-0.4, -0.2) is 29.8 Å². The summed E-state index contributed by atoms with van der Waals surface area (Å²) < 4.78 is 7.46. The number of nitrogens with one attached hydrogen (secondary N) is 1. The molecule has 4 nitrogen and oxygen atoms in total. The lowest BCUT2D eigenvalue weighted by molar-refractivity contribution is -0.0652. The van der Waals surface area contributed by atoms with Gasteiger partial charge in [0.05, 0.1) is 0 Å². The first kappa shape index (κ1) is 13.7. The molecule has 1 aliphatic rings. The number of methoxy groups -OCH3 is 1. The minimum absolute atomic E-state index is 0. The van der Waals surface area contributed by atoms with Crippen LogP contribution in [0.5, 0.6) is 0 Å². The van der Waals surface area contributed by atoms with Crippen LogP contribution in [0.1, 0.15) is 5.82 Å². The van der Waals surface area contributed by atoms with Crippen LogP contribution < -0.4 is 5.32 Å². The number of hydrogen-bond acceptors (Lipinski definition) is 3. The third-order valence-electron chi connectivity index (χ3n) is 2.44. The van der Waals surface area contributed by atoms with Gasteiger partial charge in [0.25, 0.3) is 0 Å². The smallest absolute Gasteiger partial charge is 0.150 e. The zero-order chi connectivity index (χ0) is 8.60. The van der Waals surface area contributed by atoms with Crippen molar-refractivity contribution in [2.24, 2.45) is 7.05 Å². The first-order valence-corrected chi connectivity index (χ1v) is 4.02. The summed E-state index contributed by atoms with van der Waals surface area (Å²) in [7, 11) is 3.72. The van der Waals surface area contributed by atoms with Crippen molar-refractivity contribution in [2.75, 3.05) is 20.2 Å². The molecule has 0 bridgehead atoms. The number of imidazole rings is 1. The van der Waals surface area contributed by atoms with Gasteiger partial charge < -0.3 is 14.6 Å². The summed E-state index contributed by atoms with van der Waals surface area (Å²) in [5.41, 5.74) is -0.182. The largest absolute Gasteiger partial charge is 0.368 e. The Morgan fingerprint density at radius 3 is 2.43 bits per heavy atom. The van der Waals surface area contributed by atoms with Crippen molar-refractivity contribution >= 4 is 24.8 Å². The summed E-state index contributed by atoms with van der Waals surface area (Å²) in [4.78, 5) is 4.28. The second-order valence-corrected chi connectivity index (χ2v) is 3.16. The van der Waals surface area contributed by atoms with Crippen molar-refractivity contribution in [1.29, 1.82) is 0 Å². The minimum atomic E-state index is -0.182. The van der Waals surface area contributed by atoms with E-state index in [-0.39, 0.29) is 30.4 Å². The van der Waals surface area contributed by atoms with Gasteiger partial charge in [-0.1, -0.05) is 0 Å². The molecule has 1 N–H and O–H groups in total. The summed E-state index contributed by atoms with van der Waals surface area (Å²) in [5, 5.41) is 3.19. The number of halogens is 2. The predicted molar refractivity (Wildman–Crippen MR) is 59.3 cm³/mol. The minimum Gasteiger partial charge on any atom is -0.368 e. The third-order valence-corrected chi connectivity index (χ3v) is 2.44. The fourth-order valence-electron chi connectivity index (χ4n) is 1.55. The Labute approximate surface area is 95.9 Å². The SMILES string of the molecule is COC1(c2nccn2C)CNC1.Cl.Cl. The van der Waals surface area contributed by atoms with E-state index in [1.807, 2.05) is 17.8 Å². The maximum Gasteiger partial charge on any atom is 0.150 e. The molecular weight excluding hydrogens is 225 g/mol. The Bertz CT molecular complexity index is 280. The van der Waals surface area contributed by atoms with Crippen LogP contribution in [0.15, 0.2) is 12.4 Å². The molecule has 6 heteroatoms. The summed E-state index contributed by atoms with van der Waals surface area (Å²) in [6.07, 6.45) is 3.74. The van der Waals surface area contributed by atoms with E-state index in [4.69, 9.17) is 4.74 Å². The number of rotatable bonds is 2. The maximum absolute atomic E-state index is 5.45.